The molecule has 6 heteroatoms. The first-order valence-corrected chi connectivity index (χ1v) is 10.2. The number of fused-ring (bicyclic) bond motifs is 2. The first-order chi connectivity index (χ1) is 14.2. The number of carbonyl (C=O) groups excluding carboxylic acids is 1. The number of carbonyl (C=O) groups is 1. The van der Waals surface area contributed by atoms with Crippen LogP contribution < -0.4 is 10.5 Å². The lowest BCUT2D eigenvalue weighted by molar-refractivity contribution is 0.0996. The molecule has 1 aromatic heterocycles. The Balaban J connectivity index is 1.62. The van der Waals surface area contributed by atoms with Crippen LogP contribution in [0.25, 0.3) is 22.2 Å². The Kier molecular flexibility index (Phi) is 4.34. The number of hydrogen-bond donors (Lipinski definition) is 1. The topological polar surface area (TPSA) is 82.5 Å². The van der Waals surface area contributed by atoms with E-state index < -0.39 is 5.91 Å². The van der Waals surface area contributed by atoms with Gasteiger partial charge in [-0.2, -0.15) is 0 Å². The molecule has 2 N–H and O–H groups in total. The largest absolute Gasteiger partial charge is 0.496 e. The van der Waals surface area contributed by atoms with Crippen LogP contribution in [0.1, 0.15) is 54.1 Å². The monoisotopic (exact) mass is 388 g/mol. The number of benzene rings is 2. The van der Waals surface area contributed by atoms with Crippen molar-refractivity contribution in [1.82, 2.24) is 9.55 Å². The molecule has 1 fully saturated rings. The van der Waals surface area contributed by atoms with Gasteiger partial charge in [-0.25, -0.2) is 4.98 Å². The Hall–Kier alpha value is -3.15. The lowest BCUT2D eigenvalue weighted by Gasteiger charge is -2.23. The van der Waals surface area contributed by atoms with E-state index in [-0.39, 0.29) is 0 Å². The summed E-state index contributed by atoms with van der Waals surface area (Å²) in [6, 6.07) is 8.76. The molecule has 2 aromatic carbocycles. The second kappa shape index (κ2) is 7.03. The number of rotatable bonds is 4. The first-order valence-electron chi connectivity index (χ1n) is 10.2. The highest BCUT2D eigenvalue weighted by molar-refractivity contribution is 6.04. The van der Waals surface area contributed by atoms with Gasteiger partial charge in [0.2, 0.25) is 0 Å². The van der Waals surface area contributed by atoms with E-state index in [2.05, 4.69) is 32.7 Å². The fourth-order valence-electron chi connectivity index (χ4n) is 4.78. The number of primary amides is 1. The van der Waals surface area contributed by atoms with Gasteiger partial charge in [0.25, 0.3) is 5.91 Å². The van der Waals surface area contributed by atoms with Gasteiger partial charge >= 0.3 is 0 Å². The number of nitrogens with two attached hydrogens (primary N) is 1. The molecule has 6 nitrogen and oxygen atoms in total. The van der Waals surface area contributed by atoms with E-state index in [9.17, 15) is 4.79 Å². The van der Waals surface area contributed by atoms with Crippen molar-refractivity contribution in [1.29, 1.82) is 0 Å². The van der Waals surface area contributed by atoms with Crippen LogP contribution in [0, 0.1) is 0 Å². The number of aliphatic imine (C=N–C) groups is 1. The van der Waals surface area contributed by atoms with Crippen molar-refractivity contribution >= 4 is 28.8 Å². The molecule has 1 aliphatic carbocycles. The quantitative estimate of drug-likeness (QED) is 0.710. The summed E-state index contributed by atoms with van der Waals surface area (Å²) < 4.78 is 7.82. The van der Waals surface area contributed by atoms with Crippen LogP contribution in [0.5, 0.6) is 5.75 Å². The van der Waals surface area contributed by atoms with Crippen molar-refractivity contribution in [3.63, 3.8) is 0 Å². The van der Waals surface area contributed by atoms with Gasteiger partial charge in [-0.1, -0.05) is 25.3 Å². The maximum atomic E-state index is 12.0. The van der Waals surface area contributed by atoms with Crippen LogP contribution in [0.15, 0.2) is 35.6 Å². The van der Waals surface area contributed by atoms with E-state index in [1.165, 1.54) is 37.6 Å². The molecule has 148 valence electrons. The number of aromatic nitrogens is 2. The molecule has 0 unspecified atom stereocenters. The van der Waals surface area contributed by atoms with Crippen LogP contribution in [0.3, 0.4) is 0 Å². The molecule has 2 heterocycles. The van der Waals surface area contributed by atoms with Gasteiger partial charge in [0, 0.05) is 29.8 Å². The summed E-state index contributed by atoms with van der Waals surface area (Å²) >= 11 is 0. The normalized spacial score (nSPS) is 16.3. The molecular formula is C23H24N4O2. The predicted octanol–water partition coefficient (Wildman–Crippen LogP) is 4.57. The van der Waals surface area contributed by atoms with E-state index in [1.807, 2.05) is 18.6 Å². The summed E-state index contributed by atoms with van der Waals surface area (Å²) in [7, 11) is 1.56. The van der Waals surface area contributed by atoms with Crippen molar-refractivity contribution in [2.75, 3.05) is 7.11 Å². The van der Waals surface area contributed by atoms with E-state index in [0.29, 0.717) is 23.8 Å². The maximum absolute atomic E-state index is 12.0. The highest BCUT2D eigenvalue weighted by atomic mass is 16.5. The average Bonchev–Trinajstić information content (AvgIpc) is 3.39. The van der Waals surface area contributed by atoms with Crippen LogP contribution in [0.2, 0.25) is 0 Å². The molecule has 1 aliphatic heterocycles. The third-order valence-corrected chi connectivity index (χ3v) is 6.20. The van der Waals surface area contributed by atoms with Gasteiger partial charge in [0.15, 0.2) is 0 Å². The Morgan fingerprint density at radius 2 is 2.03 bits per heavy atom. The first kappa shape index (κ1) is 17.9. The highest BCUT2D eigenvalue weighted by Crippen LogP contribution is 2.43. The fourth-order valence-corrected chi connectivity index (χ4v) is 4.78. The predicted molar refractivity (Wildman–Crippen MR) is 114 cm³/mol. The van der Waals surface area contributed by atoms with Crippen LogP contribution in [-0.4, -0.2) is 28.8 Å². The minimum atomic E-state index is -0.489. The number of nitrogens with zero attached hydrogens (tertiary/aromatic N) is 3. The van der Waals surface area contributed by atoms with Crippen molar-refractivity contribution in [3.05, 3.63) is 41.7 Å². The van der Waals surface area contributed by atoms with E-state index in [1.54, 1.807) is 7.11 Å². The van der Waals surface area contributed by atoms with Crippen molar-refractivity contribution in [3.8, 4) is 16.9 Å². The second-order valence-electron chi connectivity index (χ2n) is 7.86. The summed E-state index contributed by atoms with van der Waals surface area (Å²) in [5.74, 6) is 0.00130. The van der Waals surface area contributed by atoms with Gasteiger partial charge in [-0.3, -0.25) is 9.79 Å². The van der Waals surface area contributed by atoms with Gasteiger partial charge in [0.1, 0.15) is 5.75 Å². The Labute approximate surface area is 169 Å². The molecule has 5 rings (SSSR count). The van der Waals surface area contributed by atoms with Gasteiger partial charge in [-0.15, -0.1) is 0 Å². The number of hydrogen-bond acceptors (Lipinski definition) is 4. The van der Waals surface area contributed by atoms with Gasteiger partial charge in [0.05, 0.1) is 35.7 Å². The number of ether oxygens (including phenoxy) is 1. The second-order valence-corrected chi connectivity index (χ2v) is 7.86. The zero-order valence-corrected chi connectivity index (χ0v) is 16.5. The van der Waals surface area contributed by atoms with Gasteiger partial charge < -0.3 is 15.0 Å². The summed E-state index contributed by atoms with van der Waals surface area (Å²) in [6.45, 7) is 0. The van der Waals surface area contributed by atoms with Crippen LogP contribution >= 0.6 is 0 Å². The molecule has 0 spiro atoms. The van der Waals surface area contributed by atoms with Crippen LogP contribution in [0.4, 0.5) is 5.69 Å². The Morgan fingerprint density at radius 1 is 1.21 bits per heavy atom. The van der Waals surface area contributed by atoms with Crippen molar-refractivity contribution < 1.29 is 9.53 Å². The molecule has 3 aromatic rings. The van der Waals surface area contributed by atoms with Gasteiger partial charge in [-0.05, 0) is 36.6 Å². The Bertz CT molecular complexity index is 1140. The number of imidazole rings is 1. The highest BCUT2D eigenvalue weighted by Gasteiger charge is 2.25. The third kappa shape index (κ3) is 2.90. The fraction of sp³-hybridized carbons (Fsp3) is 0.348. The molecular weight excluding hydrogens is 364 g/mol. The molecule has 1 saturated carbocycles. The zero-order valence-electron chi connectivity index (χ0n) is 16.5. The van der Waals surface area contributed by atoms with Crippen molar-refractivity contribution in [2.24, 2.45) is 10.7 Å². The lowest BCUT2D eigenvalue weighted by atomic mass is 9.94. The molecule has 1 amide bonds. The zero-order chi connectivity index (χ0) is 20.0. The molecule has 0 atom stereocenters. The SMILES string of the molecule is COc1cc(-c2ccc3c(c2)ncn3C2CCCCC2)c2c(c1C(N)=O)CC=N2. The van der Waals surface area contributed by atoms with E-state index in [4.69, 9.17) is 10.5 Å². The molecule has 0 radical (unpaired) electrons. The maximum Gasteiger partial charge on any atom is 0.252 e. The number of methoxy groups -OCH3 is 1. The minimum absolute atomic E-state index is 0.423. The third-order valence-electron chi connectivity index (χ3n) is 6.20. The molecule has 2 aliphatic rings. The Morgan fingerprint density at radius 3 is 2.79 bits per heavy atom. The molecule has 0 bridgehead atoms. The standard InChI is InChI=1S/C23H24N4O2/c1-29-20-12-17(22-16(9-10-25-22)21(20)23(24)28)14-7-8-19-18(11-14)26-13-27(19)15-5-3-2-4-6-15/h7-8,10-13,15H,2-6,9H2,1H3,(H2,24,28). The summed E-state index contributed by atoms with van der Waals surface area (Å²) in [6.07, 6.45) is 10.7. The molecule has 29 heavy (non-hydrogen) atoms. The van der Waals surface area contributed by atoms with Crippen LogP contribution in [-0.2, 0) is 6.42 Å². The molecule has 0 saturated heterocycles. The summed E-state index contributed by atoms with van der Waals surface area (Å²) in [5, 5.41) is 0. The number of amides is 1. The van der Waals surface area contributed by atoms with E-state index in [0.717, 1.165) is 27.9 Å². The minimum Gasteiger partial charge on any atom is -0.496 e. The summed E-state index contributed by atoms with van der Waals surface area (Å²) in [5.41, 5.74) is 11.8. The lowest BCUT2D eigenvalue weighted by Crippen LogP contribution is -2.15. The summed E-state index contributed by atoms with van der Waals surface area (Å²) in [4.78, 5) is 21.2. The smallest absolute Gasteiger partial charge is 0.252 e. The van der Waals surface area contributed by atoms with E-state index >= 15 is 0 Å². The van der Waals surface area contributed by atoms with Crippen molar-refractivity contribution in [2.45, 2.75) is 44.6 Å². The average molecular weight is 388 g/mol.